The summed E-state index contributed by atoms with van der Waals surface area (Å²) in [6.45, 7) is 4.35. The van der Waals surface area contributed by atoms with Crippen LogP contribution in [0.15, 0.2) is 30.5 Å². The van der Waals surface area contributed by atoms with Gasteiger partial charge in [-0.05, 0) is 49.9 Å². The van der Waals surface area contributed by atoms with Crippen LogP contribution in [0.2, 0.25) is 0 Å². The molecule has 0 unspecified atom stereocenters. The van der Waals surface area contributed by atoms with Gasteiger partial charge >= 0.3 is 0 Å². The van der Waals surface area contributed by atoms with Gasteiger partial charge in [0.05, 0.1) is 0 Å². The number of benzene rings is 1. The van der Waals surface area contributed by atoms with Crippen molar-refractivity contribution >= 4 is 16.6 Å². The van der Waals surface area contributed by atoms with Gasteiger partial charge in [0.2, 0.25) is 0 Å². The first kappa shape index (κ1) is 11.5. The van der Waals surface area contributed by atoms with Gasteiger partial charge < -0.3 is 10.6 Å². The highest BCUT2D eigenvalue weighted by molar-refractivity contribution is 5.93. The number of hydrogen-bond donors (Lipinski definition) is 2. The molecule has 1 aromatic carbocycles. The summed E-state index contributed by atoms with van der Waals surface area (Å²) in [5.74, 6) is 1.03. The number of nitrogens with one attached hydrogen (secondary N) is 2. The quantitative estimate of drug-likeness (QED) is 0.849. The molecular weight excluding hydrogens is 222 g/mol. The fourth-order valence-corrected chi connectivity index (χ4v) is 2.64. The Hall–Kier alpha value is -1.61. The molecule has 0 spiro atoms. The van der Waals surface area contributed by atoms with Crippen LogP contribution in [0.4, 0.5) is 5.82 Å². The lowest BCUT2D eigenvalue weighted by Gasteiger charge is -2.24. The topological polar surface area (TPSA) is 37.0 Å². The Labute approximate surface area is 108 Å². The summed E-state index contributed by atoms with van der Waals surface area (Å²) in [5, 5.41) is 9.51. The third-order valence-corrected chi connectivity index (χ3v) is 3.70. The van der Waals surface area contributed by atoms with Crippen LogP contribution < -0.4 is 10.6 Å². The second-order valence-corrected chi connectivity index (χ2v) is 5.00. The Kier molecular flexibility index (Phi) is 3.15. The number of fused-ring (bicyclic) bond motifs is 1. The highest BCUT2D eigenvalue weighted by atomic mass is 15.0. The minimum absolute atomic E-state index is 0.546. The molecule has 3 nitrogen and oxygen atoms in total. The first-order valence-electron chi connectivity index (χ1n) is 6.66. The monoisotopic (exact) mass is 241 g/mol. The molecule has 1 aliphatic rings. The molecule has 0 atom stereocenters. The van der Waals surface area contributed by atoms with Crippen LogP contribution in [0.5, 0.6) is 0 Å². The van der Waals surface area contributed by atoms with Crippen molar-refractivity contribution in [3.05, 3.63) is 36.0 Å². The normalized spacial score (nSPS) is 16.9. The van der Waals surface area contributed by atoms with Crippen molar-refractivity contribution in [2.45, 2.75) is 25.8 Å². The zero-order valence-corrected chi connectivity index (χ0v) is 10.7. The Morgan fingerprint density at radius 2 is 2.00 bits per heavy atom. The summed E-state index contributed by atoms with van der Waals surface area (Å²) < 4.78 is 0. The van der Waals surface area contributed by atoms with Crippen molar-refractivity contribution in [3.63, 3.8) is 0 Å². The summed E-state index contributed by atoms with van der Waals surface area (Å²) in [7, 11) is 0. The molecular formula is C15H19N3. The van der Waals surface area contributed by atoms with Crippen LogP contribution >= 0.6 is 0 Å². The first-order valence-corrected chi connectivity index (χ1v) is 6.66. The van der Waals surface area contributed by atoms with Crippen LogP contribution in [-0.2, 0) is 0 Å². The van der Waals surface area contributed by atoms with Crippen LogP contribution in [-0.4, -0.2) is 24.1 Å². The predicted octanol–water partition coefficient (Wildman–Crippen LogP) is 2.71. The van der Waals surface area contributed by atoms with E-state index in [2.05, 4.69) is 46.8 Å². The SMILES string of the molecule is Cc1cccc2c(NC3CCNCC3)nccc12. The van der Waals surface area contributed by atoms with Crippen molar-refractivity contribution in [3.8, 4) is 0 Å². The molecule has 2 heterocycles. The maximum Gasteiger partial charge on any atom is 0.134 e. The summed E-state index contributed by atoms with van der Waals surface area (Å²) in [6, 6.07) is 9.05. The lowest BCUT2D eigenvalue weighted by atomic mass is 10.0. The molecule has 0 amide bonds. The van der Waals surface area contributed by atoms with Crippen molar-refractivity contribution in [2.75, 3.05) is 18.4 Å². The summed E-state index contributed by atoms with van der Waals surface area (Å²) in [4.78, 5) is 4.51. The van der Waals surface area contributed by atoms with E-state index in [9.17, 15) is 0 Å². The molecule has 2 aromatic rings. The van der Waals surface area contributed by atoms with Gasteiger partial charge in [0.1, 0.15) is 5.82 Å². The van der Waals surface area contributed by atoms with E-state index < -0.39 is 0 Å². The van der Waals surface area contributed by atoms with Crippen molar-refractivity contribution < 1.29 is 0 Å². The molecule has 0 radical (unpaired) electrons. The third-order valence-electron chi connectivity index (χ3n) is 3.70. The Morgan fingerprint density at radius 3 is 2.83 bits per heavy atom. The van der Waals surface area contributed by atoms with E-state index in [1.165, 1.54) is 29.2 Å². The zero-order valence-electron chi connectivity index (χ0n) is 10.7. The van der Waals surface area contributed by atoms with E-state index in [1.807, 2.05) is 6.20 Å². The number of hydrogen-bond acceptors (Lipinski definition) is 3. The molecule has 1 aliphatic heterocycles. The average molecular weight is 241 g/mol. The minimum atomic E-state index is 0.546. The average Bonchev–Trinajstić information content (AvgIpc) is 2.41. The van der Waals surface area contributed by atoms with E-state index in [4.69, 9.17) is 0 Å². The maximum atomic E-state index is 4.51. The highest BCUT2D eigenvalue weighted by Gasteiger charge is 2.14. The number of aromatic nitrogens is 1. The highest BCUT2D eigenvalue weighted by Crippen LogP contribution is 2.25. The molecule has 18 heavy (non-hydrogen) atoms. The molecule has 0 aliphatic carbocycles. The molecule has 0 saturated carbocycles. The van der Waals surface area contributed by atoms with E-state index in [-0.39, 0.29) is 0 Å². The van der Waals surface area contributed by atoms with Gasteiger partial charge in [0.15, 0.2) is 0 Å². The summed E-state index contributed by atoms with van der Waals surface area (Å²) >= 11 is 0. The first-order chi connectivity index (χ1) is 8.84. The van der Waals surface area contributed by atoms with Crippen LogP contribution in [0.3, 0.4) is 0 Å². The molecule has 1 saturated heterocycles. The standard InChI is InChI=1S/C15H19N3/c1-11-3-2-4-14-13(11)7-10-17-15(14)18-12-5-8-16-9-6-12/h2-4,7,10,12,16H,5-6,8-9H2,1H3,(H,17,18). The van der Waals surface area contributed by atoms with E-state index in [0.717, 1.165) is 18.9 Å². The number of piperidine rings is 1. The van der Waals surface area contributed by atoms with Crippen LogP contribution in [0.1, 0.15) is 18.4 Å². The fraction of sp³-hybridized carbons (Fsp3) is 0.400. The van der Waals surface area contributed by atoms with Crippen molar-refractivity contribution in [1.82, 2.24) is 10.3 Å². The van der Waals surface area contributed by atoms with Gasteiger partial charge in [-0.25, -0.2) is 4.98 Å². The molecule has 2 N–H and O–H groups in total. The maximum absolute atomic E-state index is 4.51. The van der Waals surface area contributed by atoms with Gasteiger partial charge in [-0.3, -0.25) is 0 Å². The number of nitrogens with zero attached hydrogens (tertiary/aromatic N) is 1. The number of pyridine rings is 1. The zero-order chi connectivity index (χ0) is 12.4. The van der Waals surface area contributed by atoms with Gasteiger partial charge in [0, 0.05) is 17.6 Å². The van der Waals surface area contributed by atoms with E-state index in [1.54, 1.807) is 0 Å². The lowest BCUT2D eigenvalue weighted by molar-refractivity contribution is 0.478. The molecule has 94 valence electrons. The molecule has 3 heteroatoms. The van der Waals surface area contributed by atoms with Gasteiger partial charge in [-0.1, -0.05) is 18.2 Å². The molecule has 0 bridgehead atoms. The fourth-order valence-electron chi connectivity index (χ4n) is 2.64. The van der Waals surface area contributed by atoms with Crippen LogP contribution in [0.25, 0.3) is 10.8 Å². The second kappa shape index (κ2) is 4.94. The van der Waals surface area contributed by atoms with E-state index in [0.29, 0.717) is 6.04 Å². The Bertz CT molecular complexity index is 544. The number of anilines is 1. The molecule has 1 fully saturated rings. The van der Waals surface area contributed by atoms with Gasteiger partial charge in [0.25, 0.3) is 0 Å². The Morgan fingerprint density at radius 1 is 1.17 bits per heavy atom. The molecule has 3 rings (SSSR count). The number of rotatable bonds is 2. The third kappa shape index (κ3) is 2.18. The van der Waals surface area contributed by atoms with Crippen molar-refractivity contribution in [1.29, 1.82) is 0 Å². The van der Waals surface area contributed by atoms with Gasteiger partial charge in [-0.15, -0.1) is 0 Å². The minimum Gasteiger partial charge on any atom is -0.367 e. The summed E-state index contributed by atoms with van der Waals surface area (Å²) in [5.41, 5.74) is 1.31. The largest absolute Gasteiger partial charge is 0.367 e. The lowest BCUT2D eigenvalue weighted by Crippen LogP contribution is -2.35. The van der Waals surface area contributed by atoms with E-state index >= 15 is 0 Å². The Balaban J connectivity index is 1.93. The smallest absolute Gasteiger partial charge is 0.134 e. The summed E-state index contributed by atoms with van der Waals surface area (Å²) in [6.07, 6.45) is 4.24. The van der Waals surface area contributed by atoms with Crippen LogP contribution in [0, 0.1) is 6.92 Å². The van der Waals surface area contributed by atoms with Gasteiger partial charge in [-0.2, -0.15) is 0 Å². The number of aryl methyl sites for hydroxylation is 1. The van der Waals surface area contributed by atoms with Crippen molar-refractivity contribution in [2.24, 2.45) is 0 Å². The molecule has 1 aromatic heterocycles. The second-order valence-electron chi connectivity index (χ2n) is 5.00. The predicted molar refractivity (Wildman–Crippen MR) is 76.0 cm³/mol.